The average molecular weight is 435 g/mol. The van der Waals surface area contributed by atoms with Crippen molar-refractivity contribution in [2.75, 3.05) is 28.4 Å². The van der Waals surface area contributed by atoms with Crippen LogP contribution >= 0.6 is 0 Å². The Morgan fingerprint density at radius 1 is 0.871 bits per heavy atom. The second-order valence-electron chi connectivity index (χ2n) is 6.03. The van der Waals surface area contributed by atoms with Gasteiger partial charge in [-0.3, -0.25) is 0 Å². The number of esters is 1. The Bertz CT molecular complexity index is 1050. The van der Waals surface area contributed by atoms with Gasteiger partial charge in [-0.2, -0.15) is 8.78 Å². The number of halogens is 2. The van der Waals surface area contributed by atoms with Crippen LogP contribution in [0.25, 0.3) is 6.08 Å². The van der Waals surface area contributed by atoms with Crippen molar-refractivity contribution < 1.29 is 42.0 Å². The van der Waals surface area contributed by atoms with E-state index in [-0.39, 0.29) is 23.1 Å². The number of carbonyl (C=O) groups excluding carboxylic acids is 1. The van der Waals surface area contributed by atoms with Gasteiger partial charge in [0, 0.05) is 17.2 Å². The maximum atomic E-state index is 12.5. The summed E-state index contributed by atoms with van der Waals surface area (Å²) < 4.78 is 55.6. The predicted molar refractivity (Wildman–Crippen MR) is 106 cm³/mol. The molecule has 1 heterocycles. The van der Waals surface area contributed by atoms with Crippen LogP contribution in [0.4, 0.5) is 8.78 Å². The third kappa shape index (κ3) is 4.68. The molecule has 1 aliphatic rings. The zero-order valence-corrected chi connectivity index (χ0v) is 17.1. The Balaban J connectivity index is 1.98. The lowest BCUT2D eigenvalue weighted by Gasteiger charge is -2.12. The summed E-state index contributed by atoms with van der Waals surface area (Å²) in [5, 5.41) is 0. The third-order valence-electron chi connectivity index (χ3n) is 4.28. The summed E-state index contributed by atoms with van der Waals surface area (Å²) >= 11 is 0. The fourth-order valence-corrected chi connectivity index (χ4v) is 2.84. The second kappa shape index (κ2) is 9.33. The molecule has 0 fully saturated rings. The van der Waals surface area contributed by atoms with E-state index in [2.05, 4.69) is 9.73 Å². The molecule has 0 bridgehead atoms. The molecule has 0 spiro atoms. The SMILES string of the molecule is COc1cc(OC)c(OC)cc1/C=C1/N=C(c2ccc(OC(F)F)c(OC)c2)OC1=O. The highest BCUT2D eigenvalue weighted by atomic mass is 19.3. The fraction of sp³-hybridized carbons (Fsp3) is 0.238. The van der Waals surface area contributed by atoms with Crippen molar-refractivity contribution in [3.63, 3.8) is 0 Å². The molecule has 0 atom stereocenters. The molecule has 0 aromatic heterocycles. The van der Waals surface area contributed by atoms with Crippen LogP contribution in [0.15, 0.2) is 41.0 Å². The van der Waals surface area contributed by atoms with Gasteiger partial charge in [0.1, 0.15) is 5.75 Å². The summed E-state index contributed by atoms with van der Waals surface area (Å²) in [6.07, 6.45) is 1.47. The van der Waals surface area contributed by atoms with Crippen LogP contribution in [-0.4, -0.2) is 46.9 Å². The van der Waals surface area contributed by atoms with Crippen LogP contribution in [0, 0.1) is 0 Å². The van der Waals surface area contributed by atoms with Crippen molar-refractivity contribution in [1.29, 1.82) is 0 Å². The van der Waals surface area contributed by atoms with Crippen LogP contribution in [0.5, 0.6) is 28.7 Å². The van der Waals surface area contributed by atoms with Gasteiger partial charge in [0.2, 0.25) is 5.90 Å². The van der Waals surface area contributed by atoms with Gasteiger partial charge >= 0.3 is 12.6 Å². The molecule has 0 unspecified atom stereocenters. The largest absolute Gasteiger partial charge is 0.496 e. The molecule has 31 heavy (non-hydrogen) atoms. The Morgan fingerprint density at radius 3 is 2.10 bits per heavy atom. The topological polar surface area (TPSA) is 84.8 Å². The van der Waals surface area contributed by atoms with E-state index in [1.807, 2.05) is 0 Å². The van der Waals surface area contributed by atoms with Gasteiger partial charge in [-0.1, -0.05) is 0 Å². The molecule has 0 N–H and O–H groups in total. The summed E-state index contributed by atoms with van der Waals surface area (Å²) in [4.78, 5) is 16.6. The number of methoxy groups -OCH3 is 4. The summed E-state index contributed by atoms with van der Waals surface area (Å²) in [6, 6.07) is 7.32. The molecule has 10 heteroatoms. The number of hydrogen-bond acceptors (Lipinski definition) is 8. The van der Waals surface area contributed by atoms with Crippen LogP contribution in [0.1, 0.15) is 11.1 Å². The Morgan fingerprint density at radius 2 is 1.48 bits per heavy atom. The molecule has 164 valence electrons. The van der Waals surface area contributed by atoms with Gasteiger partial charge in [0.25, 0.3) is 0 Å². The molecule has 0 amide bonds. The number of carbonyl (C=O) groups is 1. The first-order valence-corrected chi connectivity index (χ1v) is 8.86. The number of hydrogen-bond donors (Lipinski definition) is 0. The van der Waals surface area contributed by atoms with Crippen LogP contribution in [0.2, 0.25) is 0 Å². The lowest BCUT2D eigenvalue weighted by atomic mass is 10.1. The quantitative estimate of drug-likeness (QED) is 0.462. The van der Waals surface area contributed by atoms with Crippen molar-refractivity contribution >= 4 is 17.9 Å². The van der Waals surface area contributed by atoms with Crippen molar-refractivity contribution in [3.05, 3.63) is 47.2 Å². The van der Waals surface area contributed by atoms with Gasteiger partial charge in [-0.25, -0.2) is 9.79 Å². The molecular weight excluding hydrogens is 416 g/mol. The molecule has 1 aliphatic heterocycles. The summed E-state index contributed by atoms with van der Waals surface area (Å²) in [7, 11) is 5.75. The van der Waals surface area contributed by atoms with E-state index in [9.17, 15) is 13.6 Å². The predicted octanol–water partition coefficient (Wildman–Crippen LogP) is 3.67. The van der Waals surface area contributed by atoms with E-state index in [1.165, 1.54) is 52.7 Å². The lowest BCUT2D eigenvalue weighted by Crippen LogP contribution is -2.07. The minimum absolute atomic E-state index is 0.00685. The summed E-state index contributed by atoms with van der Waals surface area (Å²) in [5.74, 6) is 0.489. The van der Waals surface area contributed by atoms with Crippen molar-refractivity contribution in [1.82, 2.24) is 0 Å². The van der Waals surface area contributed by atoms with Gasteiger partial charge in [-0.15, -0.1) is 0 Å². The number of benzene rings is 2. The Hall–Kier alpha value is -3.82. The van der Waals surface area contributed by atoms with Gasteiger partial charge in [0.05, 0.1) is 28.4 Å². The first-order chi connectivity index (χ1) is 14.9. The molecule has 3 rings (SSSR count). The minimum atomic E-state index is -3.01. The monoisotopic (exact) mass is 435 g/mol. The highest BCUT2D eigenvalue weighted by Gasteiger charge is 2.26. The minimum Gasteiger partial charge on any atom is -0.496 e. The maximum Gasteiger partial charge on any atom is 0.387 e. The van der Waals surface area contributed by atoms with E-state index in [1.54, 1.807) is 12.1 Å². The van der Waals surface area contributed by atoms with E-state index in [0.717, 1.165) is 0 Å². The van der Waals surface area contributed by atoms with Gasteiger partial charge in [0.15, 0.2) is 28.7 Å². The summed E-state index contributed by atoms with van der Waals surface area (Å²) in [5.41, 5.74) is 0.859. The van der Waals surface area contributed by atoms with Crippen molar-refractivity contribution in [2.45, 2.75) is 6.61 Å². The molecule has 8 nitrogen and oxygen atoms in total. The van der Waals surface area contributed by atoms with Crippen molar-refractivity contribution in [2.24, 2.45) is 4.99 Å². The highest BCUT2D eigenvalue weighted by molar-refractivity contribution is 6.13. The van der Waals surface area contributed by atoms with Crippen LogP contribution < -0.4 is 23.7 Å². The number of aliphatic imine (C=N–C) groups is 1. The molecule has 0 saturated carbocycles. The van der Waals surface area contributed by atoms with E-state index >= 15 is 0 Å². The summed E-state index contributed by atoms with van der Waals surface area (Å²) in [6.45, 7) is -3.01. The zero-order chi connectivity index (χ0) is 22.5. The normalized spacial score (nSPS) is 14.4. The number of nitrogens with zero attached hydrogens (tertiary/aromatic N) is 1. The molecular formula is C21H19F2NO7. The van der Waals surface area contributed by atoms with E-state index in [0.29, 0.717) is 28.4 Å². The molecule has 2 aromatic rings. The molecule has 0 aliphatic carbocycles. The standard InChI is InChI=1S/C21H19F2NO7/c1-26-15-10-18(29-4)17(28-3)9-12(15)7-13-20(25)31-19(24-13)11-5-6-14(30-21(22)23)16(8-11)27-2/h5-10,21H,1-4H3/b13-7+. The number of ether oxygens (including phenoxy) is 6. The number of cyclic esters (lactones) is 1. The van der Waals surface area contributed by atoms with E-state index < -0.39 is 12.6 Å². The smallest absolute Gasteiger partial charge is 0.387 e. The first kappa shape index (κ1) is 21.9. The molecule has 2 aromatic carbocycles. The number of alkyl halides is 2. The Kier molecular flexibility index (Phi) is 6.58. The van der Waals surface area contributed by atoms with Crippen molar-refractivity contribution in [3.8, 4) is 28.7 Å². The highest BCUT2D eigenvalue weighted by Crippen LogP contribution is 2.36. The second-order valence-corrected chi connectivity index (χ2v) is 6.03. The molecule has 0 radical (unpaired) electrons. The third-order valence-corrected chi connectivity index (χ3v) is 4.28. The average Bonchev–Trinajstić information content (AvgIpc) is 3.13. The van der Waals surface area contributed by atoms with Crippen LogP contribution in [0.3, 0.4) is 0 Å². The van der Waals surface area contributed by atoms with Gasteiger partial charge < -0.3 is 28.4 Å². The number of rotatable bonds is 8. The van der Waals surface area contributed by atoms with Gasteiger partial charge in [-0.05, 0) is 30.3 Å². The zero-order valence-electron chi connectivity index (χ0n) is 17.1. The lowest BCUT2D eigenvalue weighted by molar-refractivity contribution is -0.129. The maximum absolute atomic E-state index is 12.5. The van der Waals surface area contributed by atoms with E-state index in [4.69, 9.17) is 23.7 Å². The van der Waals surface area contributed by atoms with Crippen LogP contribution in [-0.2, 0) is 9.53 Å². The first-order valence-electron chi connectivity index (χ1n) is 8.86. The fourth-order valence-electron chi connectivity index (χ4n) is 2.84. The Labute approximate surface area is 176 Å². The molecule has 0 saturated heterocycles.